The molecule has 4 nitrogen and oxygen atoms in total. The first kappa shape index (κ1) is 14.6. The zero-order valence-electron chi connectivity index (χ0n) is 10.2. The van der Waals surface area contributed by atoms with Gasteiger partial charge in [-0.25, -0.2) is 15.8 Å². The highest BCUT2D eigenvalue weighted by atomic mass is 32.2. The van der Waals surface area contributed by atoms with Crippen LogP contribution in [0.3, 0.4) is 0 Å². The molecule has 0 saturated heterocycles. The molecule has 0 fully saturated rings. The van der Waals surface area contributed by atoms with E-state index in [9.17, 15) is 13.2 Å². The maximum Gasteiger partial charge on any atom is 0.417 e. The average molecular weight is 300 g/mol. The minimum absolute atomic E-state index is 0.504. The minimum Gasteiger partial charge on any atom is -0.308 e. The Morgan fingerprint density at radius 1 is 1.20 bits per heavy atom. The third-order valence-corrected chi connectivity index (χ3v) is 3.46. The summed E-state index contributed by atoms with van der Waals surface area (Å²) in [4.78, 5) is 7.82. The highest BCUT2D eigenvalue weighted by molar-refractivity contribution is 7.98. The second-order valence-corrected chi connectivity index (χ2v) is 4.82. The van der Waals surface area contributed by atoms with Crippen molar-refractivity contribution in [2.75, 3.05) is 5.43 Å². The van der Waals surface area contributed by atoms with Gasteiger partial charge >= 0.3 is 6.18 Å². The first-order valence-electron chi connectivity index (χ1n) is 5.57. The Morgan fingerprint density at radius 2 is 2.00 bits per heavy atom. The average Bonchev–Trinajstić information content (AvgIpc) is 2.45. The van der Waals surface area contributed by atoms with Gasteiger partial charge in [0, 0.05) is 23.7 Å². The molecule has 0 aliphatic rings. The Balaban J connectivity index is 2.04. The number of alkyl halides is 3. The van der Waals surface area contributed by atoms with Crippen LogP contribution in [0.1, 0.15) is 11.1 Å². The van der Waals surface area contributed by atoms with E-state index in [2.05, 4.69) is 15.4 Å². The second kappa shape index (κ2) is 6.10. The number of nitrogens with one attached hydrogen (secondary N) is 1. The molecule has 0 aliphatic carbocycles. The first-order valence-corrected chi connectivity index (χ1v) is 6.56. The van der Waals surface area contributed by atoms with Crippen LogP contribution >= 0.6 is 11.8 Å². The van der Waals surface area contributed by atoms with Gasteiger partial charge < -0.3 is 5.43 Å². The molecule has 8 heteroatoms. The lowest BCUT2D eigenvalue weighted by molar-refractivity contribution is -0.137. The molecule has 3 N–H and O–H groups in total. The number of hydrogen-bond acceptors (Lipinski definition) is 5. The van der Waals surface area contributed by atoms with Gasteiger partial charge in [-0.1, -0.05) is 6.07 Å². The van der Waals surface area contributed by atoms with Crippen LogP contribution in [-0.2, 0) is 11.9 Å². The lowest BCUT2D eigenvalue weighted by Gasteiger charge is -2.08. The summed E-state index contributed by atoms with van der Waals surface area (Å²) in [5.41, 5.74) is 2.56. The fraction of sp³-hybridized carbons (Fsp3) is 0.167. The van der Waals surface area contributed by atoms with Crippen LogP contribution in [0.25, 0.3) is 0 Å². The minimum atomic E-state index is -4.36. The van der Waals surface area contributed by atoms with E-state index in [0.29, 0.717) is 16.6 Å². The molecule has 0 saturated carbocycles. The highest BCUT2D eigenvalue weighted by Crippen LogP contribution is 2.30. The normalized spacial score (nSPS) is 11.4. The number of nitrogens with two attached hydrogens (primary N) is 1. The summed E-state index contributed by atoms with van der Waals surface area (Å²) in [5.74, 6) is 6.36. The van der Waals surface area contributed by atoms with Crippen LogP contribution in [0.5, 0.6) is 0 Å². The number of nitrogen functional groups attached to an aromatic ring is 1. The molecule has 0 unspecified atom stereocenters. The summed E-state index contributed by atoms with van der Waals surface area (Å²) in [6, 6.07) is 5.95. The Labute approximate surface area is 117 Å². The number of nitrogens with zero attached hydrogens (tertiary/aromatic N) is 2. The summed E-state index contributed by atoms with van der Waals surface area (Å²) in [6.45, 7) is 0. The van der Waals surface area contributed by atoms with Gasteiger partial charge in [-0.15, -0.1) is 11.8 Å². The van der Waals surface area contributed by atoms with E-state index >= 15 is 0 Å². The molecule has 0 amide bonds. The molecule has 0 aromatic carbocycles. The van der Waals surface area contributed by atoms with E-state index in [-0.39, 0.29) is 0 Å². The van der Waals surface area contributed by atoms with Gasteiger partial charge in [-0.3, -0.25) is 0 Å². The summed E-state index contributed by atoms with van der Waals surface area (Å²) in [5, 5.41) is 0.504. The molecular weight excluding hydrogens is 289 g/mol. The quantitative estimate of drug-likeness (QED) is 0.516. The van der Waals surface area contributed by atoms with Crippen LogP contribution in [0.15, 0.2) is 41.7 Å². The highest BCUT2D eigenvalue weighted by Gasteiger charge is 2.30. The number of hydrogen-bond donors (Lipinski definition) is 2. The topological polar surface area (TPSA) is 63.8 Å². The predicted molar refractivity (Wildman–Crippen MR) is 70.8 cm³/mol. The van der Waals surface area contributed by atoms with Crippen molar-refractivity contribution in [3.8, 4) is 0 Å². The van der Waals surface area contributed by atoms with Gasteiger partial charge in [0.05, 0.1) is 10.6 Å². The summed E-state index contributed by atoms with van der Waals surface area (Å²) >= 11 is 1.31. The Kier molecular flexibility index (Phi) is 4.46. The van der Waals surface area contributed by atoms with Crippen molar-refractivity contribution in [3.63, 3.8) is 0 Å². The van der Waals surface area contributed by atoms with Crippen molar-refractivity contribution in [3.05, 3.63) is 47.8 Å². The molecule has 2 heterocycles. The van der Waals surface area contributed by atoms with E-state index in [1.165, 1.54) is 17.8 Å². The van der Waals surface area contributed by atoms with Crippen molar-refractivity contribution in [1.82, 2.24) is 9.97 Å². The van der Waals surface area contributed by atoms with Crippen molar-refractivity contribution >= 4 is 17.6 Å². The van der Waals surface area contributed by atoms with Crippen molar-refractivity contribution in [2.45, 2.75) is 17.0 Å². The van der Waals surface area contributed by atoms with Gasteiger partial charge in [0.15, 0.2) is 0 Å². The SMILES string of the molecule is NNc1ncccc1CSc1ccc(C(F)(F)F)cn1. The predicted octanol–water partition coefficient (Wildman–Crippen LogP) is 3.07. The smallest absolute Gasteiger partial charge is 0.308 e. The van der Waals surface area contributed by atoms with Gasteiger partial charge in [-0.05, 0) is 18.2 Å². The largest absolute Gasteiger partial charge is 0.417 e. The fourth-order valence-electron chi connectivity index (χ4n) is 1.47. The van der Waals surface area contributed by atoms with Crippen LogP contribution in [0.2, 0.25) is 0 Å². The van der Waals surface area contributed by atoms with Crippen molar-refractivity contribution < 1.29 is 13.2 Å². The van der Waals surface area contributed by atoms with Gasteiger partial charge in [-0.2, -0.15) is 13.2 Å². The molecule has 0 radical (unpaired) electrons. The third kappa shape index (κ3) is 3.61. The summed E-state index contributed by atoms with van der Waals surface area (Å²) in [7, 11) is 0. The number of anilines is 1. The van der Waals surface area contributed by atoms with E-state index in [1.54, 1.807) is 12.3 Å². The molecule has 0 spiro atoms. The standard InChI is InChI=1S/C12H11F3N4S/c13-12(14,15)9-3-4-10(18-6-9)20-7-8-2-1-5-17-11(8)19-16/h1-6H,7,16H2,(H,17,19). The number of rotatable bonds is 4. The van der Waals surface area contributed by atoms with Crippen LogP contribution in [0.4, 0.5) is 19.0 Å². The molecule has 0 atom stereocenters. The van der Waals surface area contributed by atoms with Crippen LogP contribution in [0, 0.1) is 0 Å². The molecule has 2 rings (SSSR count). The second-order valence-electron chi connectivity index (χ2n) is 3.83. The Morgan fingerprint density at radius 3 is 2.60 bits per heavy atom. The molecule has 2 aromatic rings. The monoisotopic (exact) mass is 300 g/mol. The van der Waals surface area contributed by atoms with E-state index < -0.39 is 11.7 Å². The Bertz CT molecular complexity index is 572. The van der Waals surface area contributed by atoms with E-state index in [4.69, 9.17) is 5.84 Å². The lowest BCUT2D eigenvalue weighted by atomic mass is 10.3. The van der Waals surface area contributed by atoms with Crippen LogP contribution in [-0.4, -0.2) is 9.97 Å². The van der Waals surface area contributed by atoms with Gasteiger partial charge in [0.25, 0.3) is 0 Å². The molecule has 0 aliphatic heterocycles. The van der Waals surface area contributed by atoms with Gasteiger partial charge in [0.2, 0.25) is 0 Å². The number of halogens is 3. The molecule has 2 aromatic heterocycles. The van der Waals surface area contributed by atoms with E-state index in [0.717, 1.165) is 17.8 Å². The Hall–Kier alpha value is -1.80. The molecule has 20 heavy (non-hydrogen) atoms. The van der Waals surface area contributed by atoms with E-state index in [1.807, 2.05) is 6.07 Å². The van der Waals surface area contributed by atoms with Crippen LogP contribution < -0.4 is 11.3 Å². The fourth-order valence-corrected chi connectivity index (χ4v) is 2.30. The number of hydrazine groups is 1. The van der Waals surface area contributed by atoms with Gasteiger partial charge in [0.1, 0.15) is 5.82 Å². The molecular formula is C12H11F3N4S. The molecule has 106 valence electrons. The third-order valence-electron chi connectivity index (χ3n) is 2.47. The van der Waals surface area contributed by atoms with Crippen molar-refractivity contribution in [1.29, 1.82) is 0 Å². The zero-order valence-corrected chi connectivity index (χ0v) is 11.0. The number of pyridine rings is 2. The maximum atomic E-state index is 12.4. The number of aromatic nitrogens is 2. The zero-order chi connectivity index (χ0) is 14.6. The first-order chi connectivity index (χ1) is 9.50. The lowest BCUT2D eigenvalue weighted by Crippen LogP contribution is -2.10. The summed E-state index contributed by atoms with van der Waals surface area (Å²) < 4.78 is 37.2. The van der Waals surface area contributed by atoms with Crippen molar-refractivity contribution in [2.24, 2.45) is 5.84 Å². The summed E-state index contributed by atoms with van der Waals surface area (Å²) in [6.07, 6.45) is -1.94. The number of thioether (sulfide) groups is 1. The molecule has 0 bridgehead atoms. The maximum absolute atomic E-state index is 12.4.